The summed E-state index contributed by atoms with van der Waals surface area (Å²) in [4.78, 5) is 23.4. The number of nitrogens with zero attached hydrogens (tertiary/aromatic N) is 3. The van der Waals surface area contributed by atoms with Crippen LogP contribution in [0.5, 0.6) is 11.6 Å². The average molecular weight is 406 g/mol. The Labute approximate surface area is 174 Å². The zero-order valence-corrected chi connectivity index (χ0v) is 16.7. The van der Waals surface area contributed by atoms with E-state index in [0.29, 0.717) is 22.9 Å². The van der Waals surface area contributed by atoms with E-state index in [4.69, 9.17) is 4.74 Å². The summed E-state index contributed by atoms with van der Waals surface area (Å²) in [6.07, 6.45) is 5.51. The van der Waals surface area contributed by atoms with Crippen molar-refractivity contribution in [1.29, 1.82) is 0 Å². The third kappa shape index (κ3) is 4.74. The summed E-state index contributed by atoms with van der Waals surface area (Å²) in [5, 5.41) is 2.73. The lowest BCUT2D eigenvalue weighted by molar-refractivity contribution is 0.102. The molecule has 1 N–H and O–H groups in total. The molecule has 1 saturated heterocycles. The SMILES string of the molecule is CC1CCN(c2nccnc2Oc2ccc(C(=O)Nc3ccc(F)cc3)cc2)CC1. The Bertz CT molecular complexity index is 1000. The van der Waals surface area contributed by atoms with E-state index in [1.807, 2.05) is 0 Å². The number of rotatable bonds is 5. The van der Waals surface area contributed by atoms with Gasteiger partial charge in [-0.25, -0.2) is 14.4 Å². The van der Waals surface area contributed by atoms with Crippen LogP contribution in [0.1, 0.15) is 30.1 Å². The molecule has 0 bridgehead atoms. The molecular formula is C23H23FN4O2. The van der Waals surface area contributed by atoms with Gasteiger partial charge in [0.05, 0.1) is 0 Å². The van der Waals surface area contributed by atoms with Gasteiger partial charge in [-0.1, -0.05) is 6.92 Å². The van der Waals surface area contributed by atoms with Gasteiger partial charge in [0.2, 0.25) is 0 Å². The van der Waals surface area contributed by atoms with Crippen LogP contribution in [0.15, 0.2) is 60.9 Å². The first-order valence-corrected chi connectivity index (χ1v) is 9.99. The van der Waals surface area contributed by atoms with Gasteiger partial charge in [0.15, 0.2) is 5.82 Å². The van der Waals surface area contributed by atoms with Gasteiger partial charge in [0.1, 0.15) is 11.6 Å². The Kier molecular flexibility index (Phi) is 5.88. The molecule has 1 fully saturated rings. The Balaban J connectivity index is 1.44. The molecule has 0 radical (unpaired) electrons. The topological polar surface area (TPSA) is 67.3 Å². The number of aromatic nitrogens is 2. The van der Waals surface area contributed by atoms with Crippen LogP contribution < -0.4 is 15.0 Å². The van der Waals surface area contributed by atoms with Gasteiger partial charge >= 0.3 is 0 Å². The molecule has 6 nitrogen and oxygen atoms in total. The van der Waals surface area contributed by atoms with E-state index < -0.39 is 0 Å². The van der Waals surface area contributed by atoms with Gasteiger partial charge in [-0.15, -0.1) is 0 Å². The zero-order chi connectivity index (χ0) is 20.9. The van der Waals surface area contributed by atoms with Crippen LogP contribution in [0.25, 0.3) is 0 Å². The van der Waals surface area contributed by atoms with E-state index in [0.717, 1.165) is 37.7 Å². The molecule has 0 atom stereocenters. The largest absolute Gasteiger partial charge is 0.436 e. The Morgan fingerprint density at radius 1 is 1.03 bits per heavy atom. The predicted octanol–water partition coefficient (Wildman–Crippen LogP) is 4.90. The molecule has 1 aliphatic heterocycles. The molecular weight excluding hydrogens is 383 g/mol. The standard InChI is InChI=1S/C23H23FN4O2/c1-16-10-14-28(15-11-16)21-23(26-13-12-25-21)30-20-8-2-17(3-9-20)22(29)27-19-6-4-18(24)5-7-19/h2-9,12-13,16H,10-11,14-15H2,1H3,(H,27,29). The smallest absolute Gasteiger partial charge is 0.263 e. The molecule has 0 spiro atoms. The van der Waals surface area contributed by atoms with Crippen LogP contribution in [0.3, 0.4) is 0 Å². The fraction of sp³-hybridized carbons (Fsp3) is 0.261. The van der Waals surface area contributed by atoms with E-state index in [-0.39, 0.29) is 11.7 Å². The highest BCUT2D eigenvalue weighted by Gasteiger charge is 2.21. The molecule has 1 aromatic heterocycles. The molecule has 0 saturated carbocycles. The zero-order valence-electron chi connectivity index (χ0n) is 16.7. The van der Waals surface area contributed by atoms with Crippen molar-refractivity contribution in [3.8, 4) is 11.6 Å². The number of benzene rings is 2. The third-order valence-corrected chi connectivity index (χ3v) is 5.16. The Hall–Kier alpha value is -3.48. The summed E-state index contributed by atoms with van der Waals surface area (Å²) >= 11 is 0. The third-order valence-electron chi connectivity index (χ3n) is 5.16. The second kappa shape index (κ2) is 8.90. The molecule has 1 amide bonds. The number of hydrogen-bond acceptors (Lipinski definition) is 5. The molecule has 0 unspecified atom stereocenters. The van der Waals surface area contributed by atoms with Gasteiger partial charge in [0.25, 0.3) is 11.8 Å². The first-order chi connectivity index (χ1) is 14.6. The van der Waals surface area contributed by atoms with Crippen molar-refractivity contribution >= 4 is 17.4 Å². The lowest BCUT2D eigenvalue weighted by Gasteiger charge is -2.31. The minimum absolute atomic E-state index is 0.282. The maximum Gasteiger partial charge on any atom is 0.263 e. The maximum atomic E-state index is 13.0. The summed E-state index contributed by atoms with van der Waals surface area (Å²) in [6, 6.07) is 12.4. The summed E-state index contributed by atoms with van der Waals surface area (Å²) in [6.45, 7) is 4.12. The quantitative estimate of drug-likeness (QED) is 0.653. The maximum absolute atomic E-state index is 13.0. The van der Waals surface area contributed by atoms with E-state index in [9.17, 15) is 9.18 Å². The van der Waals surface area contributed by atoms with Gasteiger partial charge in [-0.2, -0.15) is 0 Å². The van der Waals surface area contributed by atoms with Crippen molar-refractivity contribution < 1.29 is 13.9 Å². The van der Waals surface area contributed by atoms with Crippen molar-refractivity contribution in [3.05, 3.63) is 72.3 Å². The minimum atomic E-state index is -0.350. The normalized spacial score (nSPS) is 14.4. The van der Waals surface area contributed by atoms with Crippen LogP contribution in [-0.2, 0) is 0 Å². The van der Waals surface area contributed by atoms with E-state index in [2.05, 4.69) is 27.1 Å². The molecule has 0 aliphatic carbocycles. The Morgan fingerprint density at radius 2 is 1.70 bits per heavy atom. The second-order valence-corrected chi connectivity index (χ2v) is 7.44. The predicted molar refractivity (Wildman–Crippen MR) is 114 cm³/mol. The number of ether oxygens (including phenoxy) is 1. The monoisotopic (exact) mass is 406 g/mol. The van der Waals surface area contributed by atoms with Crippen LogP contribution >= 0.6 is 0 Å². The van der Waals surface area contributed by atoms with Gasteiger partial charge in [0, 0.05) is 36.7 Å². The fourth-order valence-corrected chi connectivity index (χ4v) is 3.35. The number of anilines is 2. The summed E-state index contributed by atoms with van der Waals surface area (Å²) in [7, 11) is 0. The average Bonchev–Trinajstić information content (AvgIpc) is 2.77. The molecule has 154 valence electrons. The highest BCUT2D eigenvalue weighted by molar-refractivity contribution is 6.04. The highest BCUT2D eigenvalue weighted by atomic mass is 19.1. The van der Waals surface area contributed by atoms with Crippen molar-refractivity contribution in [3.63, 3.8) is 0 Å². The lowest BCUT2D eigenvalue weighted by atomic mass is 9.99. The van der Waals surface area contributed by atoms with E-state index >= 15 is 0 Å². The van der Waals surface area contributed by atoms with Crippen LogP contribution in [0.2, 0.25) is 0 Å². The molecule has 4 rings (SSSR count). The number of carbonyl (C=O) groups is 1. The van der Waals surface area contributed by atoms with Gasteiger partial charge in [-0.3, -0.25) is 4.79 Å². The number of carbonyl (C=O) groups excluding carboxylic acids is 1. The number of hydrogen-bond donors (Lipinski definition) is 1. The summed E-state index contributed by atoms with van der Waals surface area (Å²) in [5.74, 6) is 1.85. The molecule has 1 aliphatic rings. The number of piperidine rings is 1. The van der Waals surface area contributed by atoms with Gasteiger partial charge < -0.3 is 15.0 Å². The number of halogens is 1. The lowest BCUT2D eigenvalue weighted by Crippen LogP contribution is -2.33. The first kappa shape index (κ1) is 19.8. The molecule has 3 aromatic rings. The Morgan fingerprint density at radius 3 is 2.40 bits per heavy atom. The fourth-order valence-electron chi connectivity index (χ4n) is 3.35. The van der Waals surface area contributed by atoms with Crippen molar-refractivity contribution in [1.82, 2.24) is 9.97 Å². The molecule has 30 heavy (non-hydrogen) atoms. The molecule has 7 heteroatoms. The van der Waals surface area contributed by atoms with Gasteiger partial charge in [-0.05, 0) is 67.3 Å². The van der Waals surface area contributed by atoms with Crippen molar-refractivity contribution in [2.24, 2.45) is 5.92 Å². The molecule has 2 heterocycles. The second-order valence-electron chi connectivity index (χ2n) is 7.44. The van der Waals surface area contributed by atoms with E-state index in [1.165, 1.54) is 24.3 Å². The first-order valence-electron chi connectivity index (χ1n) is 9.99. The van der Waals surface area contributed by atoms with Crippen molar-refractivity contribution in [2.75, 3.05) is 23.3 Å². The number of nitrogens with one attached hydrogen (secondary N) is 1. The molecule has 2 aromatic carbocycles. The minimum Gasteiger partial charge on any atom is -0.436 e. The van der Waals surface area contributed by atoms with Crippen LogP contribution in [0.4, 0.5) is 15.9 Å². The van der Waals surface area contributed by atoms with Crippen molar-refractivity contribution in [2.45, 2.75) is 19.8 Å². The highest BCUT2D eigenvalue weighted by Crippen LogP contribution is 2.31. The van der Waals surface area contributed by atoms with Crippen LogP contribution in [-0.4, -0.2) is 29.0 Å². The van der Waals surface area contributed by atoms with E-state index in [1.54, 1.807) is 36.7 Å². The summed E-state index contributed by atoms with van der Waals surface area (Å²) in [5.41, 5.74) is 0.998. The summed E-state index contributed by atoms with van der Waals surface area (Å²) < 4.78 is 19.0. The number of amides is 1. The van der Waals surface area contributed by atoms with Crippen LogP contribution in [0, 0.1) is 11.7 Å².